The summed E-state index contributed by atoms with van der Waals surface area (Å²) in [4.78, 5) is 38.1. The van der Waals surface area contributed by atoms with Gasteiger partial charge in [0.15, 0.2) is 6.10 Å². The Hall–Kier alpha value is -1.59. The van der Waals surface area contributed by atoms with Crippen molar-refractivity contribution in [1.82, 2.24) is 0 Å². The first-order valence-electron chi connectivity index (χ1n) is 30.3. The molecular weight excluding hydrogens is 829 g/mol. The molecule has 0 aliphatic rings. The molecule has 0 spiro atoms. The van der Waals surface area contributed by atoms with Crippen LogP contribution in [0.15, 0.2) is 0 Å². The number of carbonyl (C=O) groups is 3. The Labute approximate surface area is 418 Å². The fourth-order valence-electron chi connectivity index (χ4n) is 9.37. The van der Waals surface area contributed by atoms with E-state index in [-0.39, 0.29) is 31.1 Å². The summed E-state index contributed by atoms with van der Waals surface area (Å²) in [6.45, 7) is 11.4. The van der Waals surface area contributed by atoms with E-state index in [9.17, 15) is 14.4 Å². The van der Waals surface area contributed by atoms with E-state index in [1.807, 2.05) is 0 Å². The van der Waals surface area contributed by atoms with Gasteiger partial charge in [0, 0.05) is 19.3 Å². The van der Waals surface area contributed by atoms with Crippen molar-refractivity contribution in [3.05, 3.63) is 0 Å². The first kappa shape index (κ1) is 65.4. The molecule has 0 N–H and O–H groups in total. The van der Waals surface area contributed by atoms with E-state index in [2.05, 4.69) is 34.6 Å². The highest BCUT2D eigenvalue weighted by Gasteiger charge is 2.19. The minimum atomic E-state index is -0.764. The van der Waals surface area contributed by atoms with Gasteiger partial charge in [-0.15, -0.1) is 0 Å². The minimum Gasteiger partial charge on any atom is -0.462 e. The van der Waals surface area contributed by atoms with E-state index in [0.29, 0.717) is 19.3 Å². The molecule has 67 heavy (non-hydrogen) atoms. The van der Waals surface area contributed by atoms with Crippen molar-refractivity contribution in [3.63, 3.8) is 0 Å². The fourth-order valence-corrected chi connectivity index (χ4v) is 9.37. The third kappa shape index (κ3) is 53.6. The Morgan fingerprint density at radius 3 is 0.851 bits per heavy atom. The van der Waals surface area contributed by atoms with Crippen LogP contribution in [0.2, 0.25) is 0 Å². The monoisotopic (exact) mass is 947 g/mol. The normalized spacial score (nSPS) is 12.4. The van der Waals surface area contributed by atoms with Gasteiger partial charge in [0.25, 0.3) is 0 Å². The van der Waals surface area contributed by atoms with Gasteiger partial charge in [-0.1, -0.05) is 304 Å². The van der Waals surface area contributed by atoms with Crippen molar-refractivity contribution in [3.8, 4) is 0 Å². The second kappa shape index (κ2) is 53.8. The molecule has 6 heteroatoms. The van der Waals surface area contributed by atoms with Crippen molar-refractivity contribution < 1.29 is 28.6 Å². The third-order valence-electron chi connectivity index (χ3n) is 14.3. The van der Waals surface area contributed by atoms with E-state index in [4.69, 9.17) is 14.2 Å². The van der Waals surface area contributed by atoms with Crippen molar-refractivity contribution in [2.75, 3.05) is 13.2 Å². The van der Waals surface area contributed by atoms with Crippen molar-refractivity contribution in [1.29, 1.82) is 0 Å². The highest BCUT2D eigenvalue weighted by atomic mass is 16.6. The molecule has 0 saturated heterocycles. The maximum Gasteiger partial charge on any atom is 0.306 e. The molecule has 0 amide bonds. The number of unbranched alkanes of at least 4 members (excludes halogenated alkanes) is 39. The molecule has 0 radical (unpaired) electrons. The highest BCUT2D eigenvalue weighted by Crippen LogP contribution is 2.19. The molecule has 398 valence electrons. The average molecular weight is 948 g/mol. The van der Waals surface area contributed by atoms with Crippen LogP contribution in [0.3, 0.4) is 0 Å². The fraction of sp³-hybridized carbons (Fsp3) is 0.951. The number of esters is 3. The van der Waals surface area contributed by atoms with E-state index in [1.54, 1.807) is 0 Å². The molecule has 0 aliphatic carbocycles. The standard InChI is InChI=1S/C61H118O6/c1-6-8-9-10-11-12-13-14-15-16-20-23-26-29-32-35-41-46-51-59(62)65-54-58(67-61(64)53-48-43-38-37-40-45-50-57(5)7-2)55-66-60(63)52-47-42-36-33-30-27-24-21-18-17-19-22-25-28-31-34-39-44-49-56(3)4/h56-58H,6-55H2,1-5H3/t57?,58-/m0/s1. The second-order valence-corrected chi connectivity index (χ2v) is 21.7. The second-order valence-electron chi connectivity index (χ2n) is 21.7. The number of hydrogen-bond acceptors (Lipinski definition) is 6. The minimum absolute atomic E-state index is 0.0635. The van der Waals surface area contributed by atoms with E-state index >= 15 is 0 Å². The average Bonchev–Trinajstić information content (AvgIpc) is 3.31. The summed E-state index contributed by atoms with van der Waals surface area (Å²) in [7, 11) is 0. The van der Waals surface area contributed by atoms with Crippen LogP contribution in [0.5, 0.6) is 0 Å². The van der Waals surface area contributed by atoms with Gasteiger partial charge in [-0.2, -0.15) is 0 Å². The van der Waals surface area contributed by atoms with Gasteiger partial charge in [0.2, 0.25) is 0 Å². The largest absolute Gasteiger partial charge is 0.462 e. The highest BCUT2D eigenvalue weighted by molar-refractivity contribution is 5.71. The van der Waals surface area contributed by atoms with E-state index < -0.39 is 6.10 Å². The summed E-state index contributed by atoms with van der Waals surface area (Å²) in [5.74, 6) is 0.828. The van der Waals surface area contributed by atoms with Crippen molar-refractivity contribution in [2.24, 2.45) is 11.8 Å². The van der Waals surface area contributed by atoms with Crippen molar-refractivity contribution in [2.45, 2.75) is 349 Å². The molecule has 0 aromatic rings. The van der Waals surface area contributed by atoms with Gasteiger partial charge in [0.1, 0.15) is 13.2 Å². The van der Waals surface area contributed by atoms with E-state index in [0.717, 1.165) is 69.6 Å². The van der Waals surface area contributed by atoms with Crippen LogP contribution in [0, 0.1) is 11.8 Å². The van der Waals surface area contributed by atoms with Gasteiger partial charge in [-0.05, 0) is 31.1 Å². The van der Waals surface area contributed by atoms with E-state index in [1.165, 1.54) is 231 Å². The topological polar surface area (TPSA) is 78.9 Å². The molecule has 0 rings (SSSR count). The SMILES string of the molecule is CCCCCCCCCCCCCCCCCCCCC(=O)OC[C@@H](COC(=O)CCCCCCCCCCCCCCCCCCCCC(C)C)OC(=O)CCCCCCCCC(C)CC. The Bertz CT molecular complexity index is 1030. The molecule has 0 fully saturated rings. The van der Waals surface area contributed by atoms with Crippen LogP contribution < -0.4 is 0 Å². The van der Waals surface area contributed by atoms with Crippen LogP contribution in [0.25, 0.3) is 0 Å². The summed E-state index contributed by atoms with van der Waals surface area (Å²) in [6, 6.07) is 0. The maximum absolute atomic E-state index is 12.8. The number of rotatable bonds is 55. The van der Waals surface area contributed by atoms with Gasteiger partial charge in [-0.25, -0.2) is 0 Å². The zero-order valence-electron chi connectivity index (χ0n) is 46.0. The molecule has 0 saturated carbocycles. The summed E-state index contributed by atoms with van der Waals surface area (Å²) in [5, 5.41) is 0. The molecule has 0 heterocycles. The quantitative estimate of drug-likeness (QED) is 0.0343. The van der Waals surface area contributed by atoms with Crippen LogP contribution in [-0.2, 0) is 28.6 Å². The smallest absolute Gasteiger partial charge is 0.306 e. The summed E-state index contributed by atoms with van der Waals surface area (Å²) < 4.78 is 16.9. The molecule has 6 nitrogen and oxygen atoms in total. The zero-order chi connectivity index (χ0) is 48.9. The van der Waals surface area contributed by atoms with Crippen LogP contribution in [0.1, 0.15) is 343 Å². The van der Waals surface area contributed by atoms with Crippen LogP contribution >= 0.6 is 0 Å². The Balaban J connectivity index is 4.18. The molecule has 2 atom stereocenters. The molecule has 1 unspecified atom stereocenters. The summed E-state index contributed by atoms with van der Waals surface area (Å²) in [5.41, 5.74) is 0. The maximum atomic E-state index is 12.8. The first-order valence-corrected chi connectivity index (χ1v) is 30.3. The Kier molecular flexibility index (Phi) is 52.5. The predicted octanol–water partition coefficient (Wildman–Crippen LogP) is 20.0. The number of carbonyl (C=O) groups excluding carboxylic acids is 3. The third-order valence-corrected chi connectivity index (χ3v) is 14.3. The lowest BCUT2D eigenvalue weighted by Gasteiger charge is -2.18. The number of ether oxygens (including phenoxy) is 3. The Morgan fingerprint density at radius 2 is 0.567 bits per heavy atom. The molecule has 0 aromatic heterocycles. The van der Waals surface area contributed by atoms with Crippen LogP contribution in [0.4, 0.5) is 0 Å². The van der Waals surface area contributed by atoms with Crippen LogP contribution in [-0.4, -0.2) is 37.2 Å². The first-order chi connectivity index (χ1) is 32.8. The predicted molar refractivity (Wildman–Crippen MR) is 289 cm³/mol. The molecule has 0 aliphatic heterocycles. The molecule has 0 bridgehead atoms. The summed E-state index contributed by atoms with van der Waals surface area (Å²) >= 11 is 0. The number of hydrogen-bond donors (Lipinski definition) is 0. The van der Waals surface area contributed by atoms with Gasteiger partial charge in [0.05, 0.1) is 0 Å². The lowest BCUT2D eigenvalue weighted by molar-refractivity contribution is -0.167. The van der Waals surface area contributed by atoms with Crippen molar-refractivity contribution >= 4 is 17.9 Å². The lowest BCUT2D eigenvalue weighted by Crippen LogP contribution is -2.30. The Morgan fingerprint density at radius 1 is 0.313 bits per heavy atom. The molecule has 0 aromatic carbocycles. The van der Waals surface area contributed by atoms with Gasteiger partial charge in [-0.3, -0.25) is 14.4 Å². The zero-order valence-corrected chi connectivity index (χ0v) is 46.0. The summed E-state index contributed by atoms with van der Waals surface area (Å²) in [6.07, 6.45) is 58.2. The molecular formula is C61H118O6. The van der Waals surface area contributed by atoms with Gasteiger partial charge >= 0.3 is 17.9 Å². The van der Waals surface area contributed by atoms with Gasteiger partial charge < -0.3 is 14.2 Å². The lowest BCUT2D eigenvalue weighted by atomic mass is 10.00.